The maximum Gasteiger partial charge on any atom is 0.262 e. The molecule has 1 saturated carbocycles. The molecule has 0 N–H and O–H groups in total. The molecule has 1 heterocycles. The summed E-state index contributed by atoms with van der Waals surface area (Å²) in [4.78, 5) is 14.5. The van der Waals surface area contributed by atoms with Gasteiger partial charge in [-0.25, -0.2) is 0 Å². The molecule has 2 fully saturated rings. The lowest BCUT2D eigenvalue weighted by Gasteiger charge is -2.39. The summed E-state index contributed by atoms with van der Waals surface area (Å²) in [6.07, 6.45) is 5.44. The molecule has 0 unspecified atom stereocenters. The Morgan fingerprint density at radius 3 is 2.55 bits per heavy atom. The number of hydrogen-bond acceptors (Lipinski definition) is 3. The van der Waals surface area contributed by atoms with Crippen molar-refractivity contribution < 1.29 is 14.3 Å². The third kappa shape index (κ3) is 3.12. The molecule has 1 aromatic carbocycles. The average Bonchev–Trinajstić information content (AvgIpc) is 2.88. The number of aryl methyl sites for hydroxylation is 2. The Hall–Kier alpha value is -1.55. The average molecular weight is 303 g/mol. The van der Waals surface area contributed by atoms with Crippen LogP contribution in [0, 0.1) is 13.8 Å². The molecule has 1 spiro atoms. The second kappa shape index (κ2) is 6.29. The first kappa shape index (κ1) is 15.3. The van der Waals surface area contributed by atoms with Gasteiger partial charge in [0, 0.05) is 6.54 Å². The van der Waals surface area contributed by atoms with Crippen LogP contribution < -0.4 is 4.74 Å². The molecule has 0 aromatic heterocycles. The van der Waals surface area contributed by atoms with Crippen LogP contribution in [0.3, 0.4) is 0 Å². The van der Waals surface area contributed by atoms with E-state index in [4.69, 9.17) is 9.47 Å². The Morgan fingerprint density at radius 2 is 1.86 bits per heavy atom. The van der Waals surface area contributed by atoms with Crippen LogP contribution in [-0.2, 0) is 9.53 Å². The Bertz CT molecular complexity index is 529. The zero-order valence-electron chi connectivity index (χ0n) is 13.6. The van der Waals surface area contributed by atoms with Crippen molar-refractivity contribution in [2.24, 2.45) is 0 Å². The van der Waals surface area contributed by atoms with Crippen molar-refractivity contribution in [1.82, 2.24) is 4.90 Å². The predicted octanol–water partition coefficient (Wildman–Crippen LogP) is 3.20. The van der Waals surface area contributed by atoms with Crippen molar-refractivity contribution in [1.29, 1.82) is 0 Å². The molecule has 0 bridgehead atoms. The van der Waals surface area contributed by atoms with Crippen LogP contribution in [0.2, 0.25) is 0 Å². The standard InChI is InChI=1S/C18H25NO3/c1-14-10-15(2)12-16(11-14)21-13-17(20)19-8-9-22-18(19)6-4-3-5-7-18/h10-12H,3-9,13H2,1-2H3. The van der Waals surface area contributed by atoms with Crippen molar-refractivity contribution in [3.05, 3.63) is 29.3 Å². The van der Waals surface area contributed by atoms with Crippen molar-refractivity contribution in [2.45, 2.75) is 51.7 Å². The van der Waals surface area contributed by atoms with Gasteiger partial charge in [0.05, 0.1) is 6.61 Å². The van der Waals surface area contributed by atoms with Gasteiger partial charge in [0.2, 0.25) is 0 Å². The first-order valence-electron chi connectivity index (χ1n) is 8.25. The topological polar surface area (TPSA) is 38.8 Å². The van der Waals surface area contributed by atoms with Crippen molar-refractivity contribution in [2.75, 3.05) is 19.8 Å². The smallest absolute Gasteiger partial charge is 0.262 e. The van der Waals surface area contributed by atoms with Crippen LogP contribution in [0.25, 0.3) is 0 Å². The van der Waals surface area contributed by atoms with Gasteiger partial charge in [-0.2, -0.15) is 0 Å². The summed E-state index contributed by atoms with van der Waals surface area (Å²) < 4.78 is 11.7. The van der Waals surface area contributed by atoms with Gasteiger partial charge in [0.1, 0.15) is 11.5 Å². The van der Waals surface area contributed by atoms with Crippen molar-refractivity contribution in [3.8, 4) is 5.75 Å². The fourth-order valence-electron chi connectivity index (χ4n) is 3.72. The van der Waals surface area contributed by atoms with Crippen molar-refractivity contribution in [3.63, 3.8) is 0 Å². The highest BCUT2D eigenvalue weighted by Crippen LogP contribution is 2.38. The van der Waals surface area contributed by atoms with Gasteiger partial charge in [0.15, 0.2) is 6.61 Å². The highest BCUT2D eigenvalue weighted by atomic mass is 16.5. The third-order valence-electron chi connectivity index (χ3n) is 4.67. The van der Waals surface area contributed by atoms with Gasteiger partial charge in [-0.3, -0.25) is 4.79 Å². The minimum atomic E-state index is -0.346. The van der Waals surface area contributed by atoms with E-state index < -0.39 is 0 Å². The lowest BCUT2D eigenvalue weighted by Crippen LogP contribution is -2.50. The van der Waals surface area contributed by atoms with E-state index in [0.717, 1.165) is 42.6 Å². The third-order valence-corrected chi connectivity index (χ3v) is 4.67. The summed E-state index contributed by atoms with van der Waals surface area (Å²) in [7, 11) is 0. The molecule has 1 aliphatic heterocycles. The summed E-state index contributed by atoms with van der Waals surface area (Å²) in [6, 6.07) is 6.04. The zero-order chi connectivity index (χ0) is 15.6. The highest BCUT2D eigenvalue weighted by Gasteiger charge is 2.45. The maximum absolute atomic E-state index is 12.6. The second-order valence-corrected chi connectivity index (χ2v) is 6.51. The fourth-order valence-corrected chi connectivity index (χ4v) is 3.72. The minimum Gasteiger partial charge on any atom is -0.484 e. The summed E-state index contributed by atoms with van der Waals surface area (Å²) in [5.41, 5.74) is 1.95. The first-order valence-corrected chi connectivity index (χ1v) is 8.25. The SMILES string of the molecule is Cc1cc(C)cc(OCC(=O)N2CCOC23CCCCC3)c1. The number of ether oxygens (including phenoxy) is 2. The van der Waals surface area contributed by atoms with Crippen LogP contribution in [0.1, 0.15) is 43.2 Å². The van der Waals surface area contributed by atoms with Crippen LogP contribution in [-0.4, -0.2) is 36.3 Å². The predicted molar refractivity (Wildman–Crippen MR) is 84.9 cm³/mol. The largest absolute Gasteiger partial charge is 0.484 e. The van der Waals surface area contributed by atoms with E-state index in [1.54, 1.807) is 0 Å². The molecule has 2 aliphatic rings. The van der Waals surface area contributed by atoms with Gasteiger partial charge in [-0.15, -0.1) is 0 Å². The Kier molecular flexibility index (Phi) is 4.39. The molecular weight excluding hydrogens is 278 g/mol. The van der Waals surface area contributed by atoms with Crippen molar-refractivity contribution >= 4 is 5.91 Å². The molecule has 22 heavy (non-hydrogen) atoms. The van der Waals surface area contributed by atoms with E-state index in [2.05, 4.69) is 6.07 Å². The number of carbonyl (C=O) groups excluding carboxylic acids is 1. The van der Waals surface area contributed by atoms with Gasteiger partial charge < -0.3 is 14.4 Å². The molecule has 4 nitrogen and oxygen atoms in total. The molecule has 0 radical (unpaired) electrons. The number of hydrogen-bond donors (Lipinski definition) is 0. The van der Waals surface area contributed by atoms with Gasteiger partial charge >= 0.3 is 0 Å². The number of carbonyl (C=O) groups is 1. The molecule has 3 rings (SSSR count). The quantitative estimate of drug-likeness (QED) is 0.860. The van der Waals surface area contributed by atoms with Gasteiger partial charge in [0.25, 0.3) is 5.91 Å². The lowest BCUT2D eigenvalue weighted by atomic mass is 9.90. The minimum absolute atomic E-state index is 0.0403. The van der Waals surface area contributed by atoms with Crippen LogP contribution in [0.15, 0.2) is 18.2 Å². The van der Waals surface area contributed by atoms with E-state index >= 15 is 0 Å². The molecule has 1 aliphatic carbocycles. The van der Waals surface area contributed by atoms with Gasteiger partial charge in [-0.05, 0) is 62.8 Å². The Labute approximate surface area is 132 Å². The molecule has 120 valence electrons. The fraction of sp³-hybridized carbons (Fsp3) is 0.611. The maximum atomic E-state index is 12.6. The molecule has 1 aromatic rings. The summed E-state index contributed by atoms with van der Waals surface area (Å²) in [5.74, 6) is 0.808. The second-order valence-electron chi connectivity index (χ2n) is 6.51. The summed E-state index contributed by atoms with van der Waals surface area (Å²) in [6.45, 7) is 5.50. The van der Waals surface area contributed by atoms with E-state index in [-0.39, 0.29) is 18.2 Å². The molecule has 0 atom stereocenters. The van der Waals surface area contributed by atoms with E-state index in [1.807, 2.05) is 30.9 Å². The molecule has 1 amide bonds. The first-order chi connectivity index (χ1) is 10.6. The lowest BCUT2D eigenvalue weighted by molar-refractivity contribution is -0.157. The number of nitrogens with zero attached hydrogens (tertiary/aromatic N) is 1. The Morgan fingerprint density at radius 1 is 1.18 bits per heavy atom. The van der Waals surface area contributed by atoms with Crippen LogP contribution in [0.5, 0.6) is 5.75 Å². The summed E-state index contributed by atoms with van der Waals surface area (Å²) in [5, 5.41) is 0. The number of rotatable bonds is 3. The zero-order valence-corrected chi connectivity index (χ0v) is 13.6. The summed E-state index contributed by atoms with van der Waals surface area (Å²) >= 11 is 0. The molecular formula is C18H25NO3. The normalized spacial score (nSPS) is 20.4. The van der Waals surface area contributed by atoms with Crippen LogP contribution in [0.4, 0.5) is 0 Å². The van der Waals surface area contributed by atoms with Gasteiger partial charge in [-0.1, -0.05) is 12.5 Å². The van der Waals surface area contributed by atoms with Crippen LogP contribution >= 0.6 is 0 Å². The number of amides is 1. The highest BCUT2D eigenvalue weighted by molar-refractivity contribution is 5.78. The van der Waals surface area contributed by atoms with E-state index in [1.165, 1.54) is 6.42 Å². The molecule has 1 saturated heterocycles. The molecule has 4 heteroatoms. The number of benzene rings is 1. The van der Waals surface area contributed by atoms with E-state index in [0.29, 0.717) is 13.2 Å². The monoisotopic (exact) mass is 303 g/mol. The Balaban J connectivity index is 1.63. The van der Waals surface area contributed by atoms with E-state index in [9.17, 15) is 4.79 Å².